The lowest BCUT2D eigenvalue weighted by atomic mass is 10.1. The fourth-order valence-electron chi connectivity index (χ4n) is 2.58. The minimum absolute atomic E-state index is 0.0482. The number of carbonyl (C=O) groups excluding carboxylic acids is 2. The van der Waals surface area contributed by atoms with Crippen LogP contribution >= 0.6 is 0 Å². The Morgan fingerprint density at radius 2 is 2.09 bits per heavy atom. The summed E-state index contributed by atoms with van der Waals surface area (Å²) in [5.74, 6) is -0.261. The molecular formula is C17H17NO4. The second-order valence-electron chi connectivity index (χ2n) is 5.44. The highest BCUT2D eigenvalue weighted by Gasteiger charge is 2.30. The van der Waals surface area contributed by atoms with Crippen molar-refractivity contribution in [3.63, 3.8) is 0 Å². The molecule has 1 saturated heterocycles. The number of carbonyl (C=O) groups is 2. The van der Waals surface area contributed by atoms with Gasteiger partial charge >= 0.3 is 5.97 Å². The molecule has 114 valence electrons. The fraction of sp³-hybridized carbons (Fsp3) is 0.294. The third kappa shape index (κ3) is 3.36. The van der Waals surface area contributed by atoms with E-state index in [1.54, 1.807) is 6.07 Å². The lowest BCUT2D eigenvalue weighted by Gasteiger charge is -2.16. The Balaban J connectivity index is 1.50. The zero-order valence-corrected chi connectivity index (χ0v) is 12.1. The third-order valence-electron chi connectivity index (χ3n) is 3.72. The lowest BCUT2D eigenvalue weighted by Crippen LogP contribution is -2.25. The predicted octanol–water partition coefficient (Wildman–Crippen LogP) is 2.49. The van der Waals surface area contributed by atoms with Crippen molar-refractivity contribution in [3.05, 3.63) is 60.1 Å². The van der Waals surface area contributed by atoms with Crippen LogP contribution in [0.4, 0.5) is 0 Å². The Morgan fingerprint density at radius 1 is 1.27 bits per heavy atom. The Bertz CT molecular complexity index is 636. The molecule has 1 aromatic heterocycles. The van der Waals surface area contributed by atoms with Gasteiger partial charge in [-0.05, 0) is 11.6 Å². The first-order valence-corrected chi connectivity index (χ1v) is 7.23. The molecule has 1 amide bonds. The highest BCUT2D eigenvalue weighted by molar-refractivity contribution is 5.88. The summed E-state index contributed by atoms with van der Waals surface area (Å²) in [6.45, 7) is 1.47. The molecule has 0 spiro atoms. The van der Waals surface area contributed by atoms with Gasteiger partial charge in [0.15, 0.2) is 0 Å². The Hall–Kier alpha value is -2.56. The maximum atomic E-state index is 12.0. The maximum absolute atomic E-state index is 12.0. The lowest BCUT2D eigenvalue weighted by molar-refractivity contribution is -0.128. The van der Waals surface area contributed by atoms with E-state index >= 15 is 0 Å². The number of hydrogen-bond donors (Lipinski definition) is 0. The number of likely N-dealkylation sites (tertiary alicyclic amines) is 1. The van der Waals surface area contributed by atoms with Crippen LogP contribution in [-0.2, 0) is 16.1 Å². The number of nitrogens with zero attached hydrogens (tertiary/aromatic N) is 1. The highest BCUT2D eigenvalue weighted by Crippen LogP contribution is 2.21. The largest absolute Gasteiger partial charge is 0.472 e. The third-order valence-corrected chi connectivity index (χ3v) is 3.72. The van der Waals surface area contributed by atoms with Crippen LogP contribution in [0.3, 0.4) is 0 Å². The summed E-state index contributed by atoms with van der Waals surface area (Å²) in [6, 6.07) is 11.4. The first-order chi connectivity index (χ1) is 10.7. The minimum atomic E-state index is -0.414. The van der Waals surface area contributed by atoms with Crippen LogP contribution in [0.2, 0.25) is 0 Å². The average molecular weight is 299 g/mol. The molecule has 0 radical (unpaired) electrons. The van der Waals surface area contributed by atoms with Gasteiger partial charge in [0.1, 0.15) is 6.26 Å². The Kier molecular flexibility index (Phi) is 4.23. The van der Waals surface area contributed by atoms with E-state index in [4.69, 9.17) is 9.15 Å². The molecule has 5 nitrogen and oxygen atoms in total. The van der Waals surface area contributed by atoms with Crippen LogP contribution in [0, 0.1) is 5.92 Å². The standard InChI is InChI=1S/C17H17NO4/c19-16-8-14(11-22-17(20)15-6-7-21-12-15)10-18(16)9-13-4-2-1-3-5-13/h1-7,12,14H,8-11H2. The quantitative estimate of drug-likeness (QED) is 0.796. The predicted molar refractivity (Wildman–Crippen MR) is 79.0 cm³/mol. The van der Waals surface area contributed by atoms with Gasteiger partial charge in [-0.3, -0.25) is 4.79 Å². The number of hydrogen-bond acceptors (Lipinski definition) is 4. The number of rotatable bonds is 5. The molecule has 2 aromatic rings. The molecule has 1 fully saturated rings. The van der Waals surface area contributed by atoms with Crippen molar-refractivity contribution < 1.29 is 18.7 Å². The molecule has 0 bridgehead atoms. The SMILES string of the molecule is O=C(OCC1CC(=O)N(Cc2ccccc2)C1)c1ccoc1. The highest BCUT2D eigenvalue weighted by atomic mass is 16.5. The number of furan rings is 1. The van der Waals surface area contributed by atoms with Crippen molar-refractivity contribution in [2.45, 2.75) is 13.0 Å². The van der Waals surface area contributed by atoms with Crippen molar-refractivity contribution in [1.82, 2.24) is 4.90 Å². The normalized spacial score (nSPS) is 17.7. The van der Waals surface area contributed by atoms with Crippen LogP contribution in [-0.4, -0.2) is 29.9 Å². The van der Waals surface area contributed by atoms with E-state index in [2.05, 4.69) is 0 Å². The Morgan fingerprint density at radius 3 is 2.82 bits per heavy atom. The molecule has 0 saturated carbocycles. The van der Waals surface area contributed by atoms with Gasteiger partial charge in [-0.1, -0.05) is 30.3 Å². The Labute approximate surface area is 128 Å². The molecular weight excluding hydrogens is 282 g/mol. The van der Waals surface area contributed by atoms with Crippen LogP contribution in [0.15, 0.2) is 53.3 Å². The summed E-state index contributed by atoms with van der Waals surface area (Å²) in [4.78, 5) is 25.6. The van der Waals surface area contributed by atoms with Crippen LogP contribution < -0.4 is 0 Å². The smallest absolute Gasteiger partial charge is 0.341 e. The number of amides is 1. The van der Waals surface area contributed by atoms with E-state index in [-0.39, 0.29) is 18.4 Å². The van der Waals surface area contributed by atoms with Gasteiger partial charge in [0.05, 0.1) is 18.4 Å². The minimum Gasteiger partial charge on any atom is -0.472 e. The van der Waals surface area contributed by atoms with Crippen molar-refractivity contribution in [1.29, 1.82) is 0 Å². The van der Waals surface area contributed by atoms with Gasteiger partial charge in [-0.15, -0.1) is 0 Å². The molecule has 1 aliphatic rings. The molecule has 5 heteroatoms. The van der Waals surface area contributed by atoms with E-state index in [0.717, 1.165) is 5.56 Å². The van der Waals surface area contributed by atoms with Gasteiger partial charge in [0, 0.05) is 25.4 Å². The maximum Gasteiger partial charge on any atom is 0.341 e. The van der Waals surface area contributed by atoms with E-state index < -0.39 is 5.97 Å². The van der Waals surface area contributed by atoms with Crippen molar-refractivity contribution in [3.8, 4) is 0 Å². The monoisotopic (exact) mass is 299 g/mol. The van der Waals surface area contributed by atoms with Gasteiger partial charge in [0.2, 0.25) is 5.91 Å². The molecule has 22 heavy (non-hydrogen) atoms. The van der Waals surface area contributed by atoms with Gasteiger partial charge in [-0.2, -0.15) is 0 Å². The zero-order valence-electron chi connectivity index (χ0n) is 12.1. The molecule has 2 heterocycles. The number of ether oxygens (including phenoxy) is 1. The van der Waals surface area contributed by atoms with Crippen LogP contribution in [0.1, 0.15) is 22.3 Å². The number of esters is 1. The zero-order chi connectivity index (χ0) is 15.4. The van der Waals surface area contributed by atoms with Crippen molar-refractivity contribution in [2.24, 2.45) is 5.92 Å². The molecule has 0 N–H and O–H groups in total. The first kappa shape index (κ1) is 14.4. The summed E-state index contributed by atoms with van der Waals surface area (Å²) in [6.07, 6.45) is 3.20. The van der Waals surface area contributed by atoms with Gasteiger partial charge < -0.3 is 14.1 Å². The summed E-state index contributed by atoms with van der Waals surface area (Å²) in [5, 5.41) is 0. The second kappa shape index (κ2) is 6.47. The summed E-state index contributed by atoms with van der Waals surface area (Å²) < 4.78 is 10.1. The van der Waals surface area contributed by atoms with Gasteiger partial charge in [0.25, 0.3) is 0 Å². The first-order valence-electron chi connectivity index (χ1n) is 7.23. The van der Waals surface area contributed by atoms with Crippen molar-refractivity contribution in [2.75, 3.05) is 13.2 Å². The summed E-state index contributed by atoms with van der Waals surface area (Å²) >= 11 is 0. The number of benzene rings is 1. The van der Waals surface area contributed by atoms with E-state index in [1.807, 2.05) is 35.2 Å². The topological polar surface area (TPSA) is 59.8 Å². The fourth-order valence-corrected chi connectivity index (χ4v) is 2.58. The molecule has 1 aromatic carbocycles. The van der Waals surface area contributed by atoms with Crippen LogP contribution in [0.5, 0.6) is 0 Å². The molecule has 1 unspecified atom stereocenters. The summed E-state index contributed by atoms with van der Waals surface area (Å²) in [5.41, 5.74) is 1.50. The second-order valence-corrected chi connectivity index (χ2v) is 5.44. The molecule has 3 rings (SSSR count). The van der Waals surface area contributed by atoms with Gasteiger partial charge in [-0.25, -0.2) is 4.79 Å². The van der Waals surface area contributed by atoms with Crippen LogP contribution in [0.25, 0.3) is 0 Å². The molecule has 1 atom stereocenters. The molecule has 1 aliphatic heterocycles. The van der Waals surface area contributed by atoms with E-state index in [1.165, 1.54) is 12.5 Å². The van der Waals surface area contributed by atoms with E-state index in [9.17, 15) is 9.59 Å². The average Bonchev–Trinajstić information content (AvgIpc) is 3.17. The summed E-state index contributed by atoms with van der Waals surface area (Å²) in [7, 11) is 0. The van der Waals surface area contributed by atoms with E-state index in [0.29, 0.717) is 25.1 Å². The van der Waals surface area contributed by atoms with Crippen molar-refractivity contribution >= 4 is 11.9 Å². The molecule has 0 aliphatic carbocycles.